The third-order valence-electron chi connectivity index (χ3n) is 6.49. The Bertz CT molecular complexity index is 1240. The van der Waals surface area contributed by atoms with Crippen LogP contribution in [0.3, 0.4) is 0 Å². The number of carbonyl (C=O) groups excluding carboxylic acids is 4. The predicted molar refractivity (Wildman–Crippen MR) is 162 cm³/mol. The molecule has 232 valence electrons. The van der Waals surface area contributed by atoms with Crippen LogP contribution in [-0.4, -0.2) is 71.9 Å². The fourth-order valence-corrected chi connectivity index (χ4v) is 4.24. The van der Waals surface area contributed by atoms with Crippen LogP contribution in [0.1, 0.15) is 37.8 Å². The Labute approximate surface area is 250 Å². The van der Waals surface area contributed by atoms with E-state index in [0.29, 0.717) is 18.3 Å². The van der Waals surface area contributed by atoms with Gasteiger partial charge in [-0.3, -0.25) is 14.6 Å². The fourth-order valence-electron chi connectivity index (χ4n) is 4.24. The average Bonchev–Trinajstić information content (AvgIpc) is 2.97. The number of nitrogens with one attached hydrogen (secondary N) is 4. The number of nitrogens with zero attached hydrogens (tertiary/aromatic N) is 1. The molecule has 0 fully saturated rings. The van der Waals surface area contributed by atoms with Gasteiger partial charge in [-0.15, -0.1) is 0 Å². The van der Waals surface area contributed by atoms with E-state index < -0.39 is 48.0 Å². The van der Waals surface area contributed by atoms with Crippen LogP contribution in [0.5, 0.6) is 0 Å². The molecule has 13 heteroatoms. The van der Waals surface area contributed by atoms with E-state index in [1.165, 1.54) is 0 Å². The van der Waals surface area contributed by atoms with Crippen molar-refractivity contribution in [3.8, 4) is 0 Å². The van der Waals surface area contributed by atoms with E-state index in [1.807, 2.05) is 30.3 Å². The molecule has 0 bridgehead atoms. The van der Waals surface area contributed by atoms with E-state index in [-0.39, 0.29) is 37.7 Å². The SMILES string of the molecule is CC(C)C(NC(=O)C(CCCN=C(N)N)NC(=O)NC(Cc1ccccc1)C(=O)O)C(=O)NC(C=O)Cc1ccccc1. The summed E-state index contributed by atoms with van der Waals surface area (Å²) in [5.74, 6) is -2.98. The molecule has 0 radical (unpaired) electrons. The van der Waals surface area contributed by atoms with Gasteiger partial charge in [0.25, 0.3) is 0 Å². The minimum absolute atomic E-state index is 0.0292. The molecular formula is C30H41N7O6. The summed E-state index contributed by atoms with van der Waals surface area (Å²) in [6.07, 6.45) is 1.32. The zero-order valence-corrected chi connectivity index (χ0v) is 24.4. The molecule has 2 rings (SSSR count). The molecule has 0 aromatic heterocycles. The smallest absolute Gasteiger partial charge is 0.326 e. The number of aldehydes is 1. The first kappa shape index (κ1) is 34.3. The van der Waals surface area contributed by atoms with Crippen molar-refractivity contribution in [3.05, 3.63) is 71.8 Å². The second-order valence-corrected chi connectivity index (χ2v) is 10.4. The maximum absolute atomic E-state index is 13.4. The van der Waals surface area contributed by atoms with Crippen LogP contribution in [-0.2, 0) is 32.0 Å². The number of hydrogen-bond donors (Lipinski definition) is 7. The van der Waals surface area contributed by atoms with Gasteiger partial charge < -0.3 is 42.6 Å². The fraction of sp³-hybridized carbons (Fsp3) is 0.400. The molecule has 4 amide bonds. The van der Waals surface area contributed by atoms with Gasteiger partial charge in [-0.05, 0) is 36.3 Å². The Morgan fingerprint density at radius 1 is 0.814 bits per heavy atom. The second kappa shape index (κ2) is 17.8. The summed E-state index contributed by atoms with van der Waals surface area (Å²) in [7, 11) is 0. The lowest BCUT2D eigenvalue weighted by Gasteiger charge is -2.27. The quantitative estimate of drug-likeness (QED) is 0.0588. The van der Waals surface area contributed by atoms with Crippen LogP contribution in [0, 0.1) is 5.92 Å². The van der Waals surface area contributed by atoms with Crippen molar-refractivity contribution >= 4 is 36.1 Å². The number of amides is 4. The van der Waals surface area contributed by atoms with Crippen molar-refractivity contribution in [2.45, 2.75) is 63.7 Å². The molecule has 0 saturated heterocycles. The molecule has 43 heavy (non-hydrogen) atoms. The summed E-state index contributed by atoms with van der Waals surface area (Å²) in [6, 6.07) is 12.8. The molecule has 0 aliphatic carbocycles. The lowest BCUT2D eigenvalue weighted by atomic mass is 10.0. The van der Waals surface area contributed by atoms with Crippen LogP contribution < -0.4 is 32.7 Å². The van der Waals surface area contributed by atoms with Gasteiger partial charge in [0.15, 0.2) is 5.96 Å². The normalized spacial score (nSPS) is 13.5. The van der Waals surface area contributed by atoms with E-state index in [2.05, 4.69) is 26.3 Å². The third-order valence-corrected chi connectivity index (χ3v) is 6.49. The predicted octanol–water partition coefficient (Wildman–Crippen LogP) is 0.471. The molecule has 4 unspecified atom stereocenters. The Hall–Kier alpha value is -4.94. The monoisotopic (exact) mass is 595 g/mol. The Morgan fingerprint density at radius 2 is 1.37 bits per heavy atom. The molecule has 0 aliphatic heterocycles. The lowest BCUT2D eigenvalue weighted by Crippen LogP contribution is -2.58. The van der Waals surface area contributed by atoms with Crippen molar-refractivity contribution in [2.75, 3.05) is 6.54 Å². The number of urea groups is 1. The Kier molecular flexibility index (Phi) is 14.2. The standard InChI is InChI=1S/C30H41N7O6/c1-19(2)25(27(40)34-22(18-38)16-20-10-5-3-6-11-20)37-26(39)23(14-9-15-33-29(31)32)35-30(43)36-24(28(41)42)17-21-12-7-4-8-13-21/h3-8,10-13,18-19,22-25H,9,14-17H2,1-2H3,(H,34,40)(H,37,39)(H,41,42)(H4,31,32,33)(H2,35,36,43). The van der Waals surface area contributed by atoms with Crippen LogP contribution in [0.15, 0.2) is 65.7 Å². The number of carbonyl (C=O) groups is 5. The lowest BCUT2D eigenvalue weighted by molar-refractivity contribution is -0.139. The second-order valence-electron chi connectivity index (χ2n) is 10.4. The molecule has 4 atom stereocenters. The van der Waals surface area contributed by atoms with E-state index in [4.69, 9.17) is 11.5 Å². The number of carboxylic acid groups (broad SMARTS) is 1. The number of guanidine groups is 1. The summed E-state index contributed by atoms with van der Waals surface area (Å²) in [6.45, 7) is 3.63. The highest BCUT2D eigenvalue weighted by Gasteiger charge is 2.30. The van der Waals surface area contributed by atoms with Crippen molar-refractivity contribution in [1.82, 2.24) is 21.3 Å². The van der Waals surface area contributed by atoms with Crippen molar-refractivity contribution in [1.29, 1.82) is 0 Å². The number of rotatable bonds is 17. The maximum atomic E-state index is 13.4. The van der Waals surface area contributed by atoms with Gasteiger partial charge in [0, 0.05) is 13.0 Å². The summed E-state index contributed by atoms with van der Waals surface area (Å²) >= 11 is 0. The highest BCUT2D eigenvalue weighted by Crippen LogP contribution is 2.08. The minimum atomic E-state index is -1.26. The number of carboxylic acids is 1. The number of aliphatic carboxylic acids is 1. The first-order valence-corrected chi connectivity index (χ1v) is 14.0. The molecule has 2 aromatic rings. The highest BCUT2D eigenvalue weighted by atomic mass is 16.4. The van der Waals surface area contributed by atoms with Gasteiger partial charge in [-0.1, -0.05) is 74.5 Å². The summed E-state index contributed by atoms with van der Waals surface area (Å²) in [5, 5.41) is 19.9. The molecule has 13 nitrogen and oxygen atoms in total. The molecule has 0 aliphatic rings. The van der Waals surface area contributed by atoms with Gasteiger partial charge in [0.05, 0.1) is 6.04 Å². The number of nitrogens with two attached hydrogens (primary N) is 2. The van der Waals surface area contributed by atoms with Gasteiger partial charge in [-0.2, -0.15) is 0 Å². The first-order valence-electron chi connectivity index (χ1n) is 14.0. The van der Waals surface area contributed by atoms with E-state index >= 15 is 0 Å². The zero-order valence-electron chi connectivity index (χ0n) is 24.4. The summed E-state index contributed by atoms with van der Waals surface area (Å²) in [5.41, 5.74) is 12.3. The van der Waals surface area contributed by atoms with Gasteiger partial charge in [0.1, 0.15) is 24.4 Å². The number of aliphatic imine (C=N–C) groups is 1. The van der Waals surface area contributed by atoms with Crippen LogP contribution >= 0.6 is 0 Å². The topological polar surface area (TPSA) is 218 Å². The van der Waals surface area contributed by atoms with E-state index in [1.54, 1.807) is 44.2 Å². The minimum Gasteiger partial charge on any atom is -0.480 e. The highest BCUT2D eigenvalue weighted by molar-refractivity contribution is 5.93. The van der Waals surface area contributed by atoms with Crippen LogP contribution in [0.25, 0.3) is 0 Å². The largest absolute Gasteiger partial charge is 0.480 e. The molecule has 0 spiro atoms. The molecule has 9 N–H and O–H groups in total. The molecular weight excluding hydrogens is 554 g/mol. The summed E-state index contributed by atoms with van der Waals surface area (Å²) < 4.78 is 0. The molecule has 2 aromatic carbocycles. The Morgan fingerprint density at radius 3 is 1.88 bits per heavy atom. The van der Waals surface area contributed by atoms with Crippen molar-refractivity contribution in [3.63, 3.8) is 0 Å². The van der Waals surface area contributed by atoms with Crippen LogP contribution in [0.2, 0.25) is 0 Å². The van der Waals surface area contributed by atoms with E-state index in [9.17, 15) is 29.1 Å². The maximum Gasteiger partial charge on any atom is 0.326 e. The average molecular weight is 596 g/mol. The number of hydrogen-bond acceptors (Lipinski definition) is 6. The summed E-state index contributed by atoms with van der Waals surface area (Å²) in [4.78, 5) is 66.8. The molecule has 0 saturated carbocycles. The van der Waals surface area contributed by atoms with Crippen molar-refractivity contribution < 1.29 is 29.1 Å². The van der Waals surface area contributed by atoms with Gasteiger partial charge in [-0.25, -0.2) is 9.59 Å². The van der Waals surface area contributed by atoms with Crippen molar-refractivity contribution in [2.24, 2.45) is 22.4 Å². The third kappa shape index (κ3) is 12.6. The molecule has 0 heterocycles. The van der Waals surface area contributed by atoms with Gasteiger partial charge in [0.2, 0.25) is 11.8 Å². The Balaban J connectivity index is 2.13. The van der Waals surface area contributed by atoms with Crippen LogP contribution in [0.4, 0.5) is 4.79 Å². The van der Waals surface area contributed by atoms with Gasteiger partial charge >= 0.3 is 12.0 Å². The van der Waals surface area contributed by atoms with E-state index in [0.717, 1.165) is 5.56 Å². The number of benzene rings is 2. The first-order chi connectivity index (χ1) is 20.5. The zero-order chi connectivity index (χ0) is 31.8.